The minimum atomic E-state index is -3.45. The van der Waals surface area contributed by atoms with Gasteiger partial charge in [-0.3, -0.25) is 0 Å². The highest BCUT2D eigenvalue weighted by molar-refractivity contribution is 7.89. The first-order chi connectivity index (χ1) is 18.4. The van der Waals surface area contributed by atoms with Gasteiger partial charge in [-0.2, -0.15) is 4.31 Å². The summed E-state index contributed by atoms with van der Waals surface area (Å²) in [5.41, 5.74) is 2.24. The zero-order chi connectivity index (χ0) is 26.8. The van der Waals surface area contributed by atoms with Crippen LogP contribution in [0.15, 0.2) is 83.8 Å². The predicted octanol–water partition coefficient (Wildman–Crippen LogP) is 4.26. The zero-order valence-electron chi connectivity index (χ0n) is 22.0. The van der Waals surface area contributed by atoms with E-state index in [0.717, 1.165) is 42.7 Å². The van der Waals surface area contributed by atoms with Gasteiger partial charge in [0, 0.05) is 19.6 Å². The molecule has 7 nitrogen and oxygen atoms in total. The Kier molecular flexibility index (Phi) is 10.2. The van der Waals surface area contributed by atoms with E-state index in [4.69, 9.17) is 9.47 Å². The Balaban J connectivity index is 1.11. The fourth-order valence-corrected chi connectivity index (χ4v) is 5.95. The second-order valence-electron chi connectivity index (χ2n) is 9.71. The van der Waals surface area contributed by atoms with E-state index in [1.165, 1.54) is 0 Å². The number of ether oxygens (including phenoxy) is 2. The number of hydrogen-bond acceptors (Lipinski definition) is 6. The summed E-state index contributed by atoms with van der Waals surface area (Å²) < 4.78 is 39.0. The third-order valence-corrected chi connectivity index (χ3v) is 8.78. The average Bonchev–Trinajstić information content (AvgIpc) is 2.96. The number of aryl methyl sites for hydroxylation is 1. The van der Waals surface area contributed by atoms with E-state index in [1.807, 2.05) is 66.7 Å². The van der Waals surface area contributed by atoms with E-state index in [-0.39, 0.29) is 6.61 Å². The molecular weight excluding hydrogens is 500 g/mol. The van der Waals surface area contributed by atoms with Gasteiger partial charge < -0.3 is 19.9 Å². The molecular formula is C30H38N2O5S. The molecule has 3 aromatic rings. The van der Waals surface area contributed by atoms with Crippen molar-refractivity contribution in [1.82, 2.24) is 9.62 Å². The minimum absolute atomic E-state index is 0.185. The lowest BCUT2D eigenvalue weighted by atomic mass is 9.98. The monoisotopic (exact) mass is 538 g/mol. The Morgan fingerprint density at radius 3 is 2.16 bits per heavy atom. The van der Waals surface area contributed by atoms with Crippen LogP contribution in [0.3, 0.4) is 0 Å². The Hall–Kier alpha value is -2.91. The molecule has 0 aromatic heterocycles. The van der Waals surface area contributed by atoms with E-state index in [9.17, 15) is 13.5 Å². The number of nitrogens with one attached hydrogen (secondary N) is 1. The van der Waals surface area contributed by atoms with Crippen LogP contribution in [0.5, 0.6) is 11.5 Å². The Morgan fingerprint density at radius 1 is 0.895 bits per heavy atom. The van der Waals surface area contributed by atoms with Crippen LogP contribution in [0, 0.1) is 5.92 Å². The number of aliphatic hydroxyl groups excluding tert-OH is 1. The van der Waals surface area contributed by atoms with Crippen LogP contribution >= 0.6 is 0 Å². The summed E-state index contributed by atoms with van der Waals surface area (Å²) in [5, 5.41) is 13.6. The normalized spacial score (nSPS) is 15.7. The first kappa shape index (κ1) is 28.1. The van der Waals surface area contributed by atoms with Gasteiger partial charge in [0.05, 0.1) is 4.90 Å². The van der Waals surface area contributed by atoms with Gasteiger partial charge in [-0.05, 0) is 79.3 Å². The lowest BCUT2D eigenvalue weighted by Crippen LogP contribution is -2.42. The highest BCUT2D eigenvalue weighted by atomic mass is 32.2. The van der Waals surface area contributed by atoms with Gasteiger partial charge >= 0.3 is 0 Å². The lowest BCUT2D eigenvalue weighted by molar-refractivity contribution is 0.104. The van der Waals surface area contributed by atoms with Crippen LogP contribution in [-0.2, 0) is 23.1 Å². The third-order valence-electron chi connectivity index (χ3n) is 6.87. The van der Waals surface area contributed by atoms with Crippen LogP contribution in [0.1, 0.15) is 30.9 Å². The summed E-state index contributed by atoms with van der Waals surface area (Å²) in [6, 6.07) is 24.6. The molecule has 2 N–H and O–H groups in total. The van der Waals surface area contributed by atoms with Crippen molar-refractivity contribution in [1.29, 1.82) is 0 Å². The van der Waals surface area contributed by atoms with E-state index >= 15 is 0 Å². The molecule has 0 unspecified atom stereocenters. The SMILES string of the molecule is CCc1ccc(S(=O)(=O)N2CCC(CNC[C@H](O)COc3ccc(OCc4ccccc4)cc3)CC2)cc1. The molecule has 0 bridgehead atoms. The minimum Gasteiger partial charge on any atom is -0.491 e. The smallest absolute Gasteiger partial charge is 0.243 e. The van der Waals surface area contributed by atoms with Gasteiger partial charge in [0.1, 0.15) is 30.8 Å². The second-order valence-corrected chi connectivity index (χ2v) is 11.7. The number of hydrogen-bond donors (Lipinski definition) is 2. The molecule has 3 aromatic carbocycles. The molecule has 0 amide bonds. The van der Waals surface area contributed by atoms with Crippen molar-refractivity contribution < 1.29 is 23.0 Å². The van der Waals surface area contributed by atoms with Gasteiger partial charge in [-0.1, -0.05) is 49.4 Å². The summed E-state index contributed by atoms with van der Waals surface area (Å²) in [5.74, 6) is 1.81. The summed E-state index contributed by atoms with van der Waals surface area (Å²) in [6.07, 6.45) is 1.84. The summed E-state index contributed by atoms with van der Waals surface area (Å²) >= 11 is 0. The molecule has 1 saturated heterocycles. The highest BCUT2D eigenvalue weighted by Crippen LogP contribution is 2.24. The summed E-state index contributed by atoms with van der Waals surface area (Å²) in [6.45, 7) is 4.93. The van der Waals surface area contributed by atoms with Crippen molar-refractivity contribution in [3.8, 4) is 11.5 Å². The average molecular weight is 539 g/mol. The molecule has 0 aliphatic carbocycles. The van der Waals surface area contributed by atoms with Gasteiger partial charge in [0.15, 0.2) is 0 Å². The predicted molar refractivity (Wildman–Crippen MR) is 149 cm³/mol. The molecule has 1 aliphatic heterocycles. The van der Waals surface area contributed by atoms with Crippen molar-refractivity contribution in [3.05, 3.63) is 90.0 Å². The van der Waals surface area contributed by atoms with Gasteiger partial charge in [-0.25, -0.2) is 8.42 Å². The van der Waals surface area contributed by atoms with Crippen LogP contribution in [0.2, 0.25) is 0 Å². The molecule has 0 spiro atoms. The number of rotatable bonds is 13. The molecule has 1 aliphatic rings. The van der Waals surface area contributed by atoms with Crippen LogP contribution in [-0.4, -0.2) is 56.7 Å². The van der Waals surface area contributed by atoms with Gasteiger partial charge in [0.2, 0.25) is 10.0 Å². The number of aliphatic hydroxyl groups is 1. The van der Waals surface area contributed by atoms with Crippen molar-refractivity contribution in [2.45, 2.75) is 43.8 Å². The lowest BCUT2D eigenvalue weighted by Gasteiger charge is -2.31. The van der Waals surface area contributed by atoms with Crippen molar-refractivity contribution >= 4 is 10.0 Å². The van der Waals surface area contributed by atoms with Crippen molar-refractivity contribution in [3.63, 3.8) is 0 Å². The van der Waals surface area contributed by atoms with E-state index in [2.05, 4.69) is 12.2 Å². The largest absolute Gasteiger partial charge is 0.491 e. The summed E-state index contributed by atoms with van der Waals surface area (Å²) in [7, 11) is -3.45. The van der Waals surface area contributed by atoms with Crippen LogP contribution < -0.4 is 14.8 Å². The molecule has 1 fully saturated rings. The molecule has 0 saturated carbocycles. The Labute approximate surface area is 226 Å². The Bertz CT molecular complexity index is 1210. The van der Waals surface area contributed by atoms with E-state index in [1.54, 1.807) is 16.4 Å². The maximum Gasteiger partial charge on any atom is 0.243 e. The molecule has 0 radical (unpaired) electrons. The van der Waals surface area contributed by atoms with Crippen molar-refractivity contribution in [2.75, 3.05) is 32.8 Å². The highest BCUT2D eigenvalue weighted by Gasteiger charge is 2.29. The summed E-state index contributed by atoms with van der Waals surface area (Å²) in [4.78, 5) is 0.365. The molecule has 1 atom stereocenters. The van der Waals surface area contributed by atoms with Gasteiger partial charge in [-0.15, -0.1) is 0 Å². The van der Waals surface area contributed by atoms with E-state index in [0.29, 0.717) is 42.8 Å². The Morgan fingerprint density at radius 2 is 1.53 bits per heavy atom. The number of piperidine rings is 1. The molecule has 4 rings (SSSR count). The fourth-order valence-electron chi connectivity index (χ4n) is 4.48. The van der Waals surface area contributed by atoms with Crippen LogP contribution in [0.25, 0.3) is 0 Å². The van der Waals surface area contributed by atoms with Gasteiger partial charge in [0.25, 0.3) is 0 Å². The quantitative estimate of drug-likeness (QED) is 0.338. The molecule has 38 heavy (non-hydrogen) atoms. The maximum absolute atomic E-state index is 13.0. The van der Waals surface area contributed by atoms with Crippen LogP contribution in [0.4, 0.5) is 0 Å². The number of sulfonamides is 1. The maximum atomic E-state index is 13.0. The topological polar surface area (TPSA) is 88.1 Å². The van der Waals surface area contributed by atoms with E-state index < -0.39 is 16.1 Å². The standard InChI is InChI=1S/C30H38N2O5S/c1-2-24-8-14-30(15-9-24)38(34,35)32-18-16-25(17-19-32)20-31-21-27(33)23-37-29-12-10-28(11-13-29)36-22-26-6-4-3-5-7-26/h3-15,25,27,31,33H,2,16-23H2,1H3/t27-/m0/s1. The number of nitrogens with zero attached hydrogens (tertiary/aromatic N) is 1. The van der Waals surface area contributed by atoms with Crippen molar-refractivity contribution in [2.24, 2.45) is 5.92 Å². The second kappa shape index (κ2) is 13.8. The first-order valence-corrected chi connectivity index (χ1v) is 14.8. The fraction of sp³-hybridized carbons (Fsp3) is 0.400. The molecule has 8 heteroatoms. The zero-order valence-corrected chi connectivity index (χ0v) is 22.8. The number of benzene rings is 3. The first-order valence-electron chi connectivity index (χ1n) is 13.3. The third kappa shape index (κ3) is 8.04. The molecule has 1 heterocycles. The molecule has 204 valence electrons.